The second kappa shape index (κ2) is 9.97. The molecule has 0 saturated carbocycles. The lowest BCUT2D eigenvalue weighted by Gasteiger charge is -2.11. The van der Waals surface area contributed by atoms with E-state index in [1.807, 2.05) is 19.9 Å². The van der Waals surface area contributed by atoms with E-state index >= 15 is 0 Å². The molecule has 1 aromatic heterocycles. The molecule has 0 aromatic carbocycles. The van der Waals surface area contributed by atoms with E-state index in [1.165, 1.54) is 6.08 Å². The normalized spacial score (nSPS) is 12.0. The third-order valence-electron chi connectivity index (χ3n) is 4.00. The van der Waals surface area contributed by atoms with Crippen LogP contribution < -0.4 is 5.32 Å². The van der Waals surface area contributed by atoms with Gasteiger partial charge in [0.15, 0.2) is 6.61 Å². The van der Waals surface area contributed by atoms with Crippen LogP contribution in [-0.4, -0.2) is 35.8 Å². The van der Waals surface area contributed by atoms with Crippen molar-refractivity contribution in [3.05, 3.63) is 28.6 Å². The van der Waals surface area contributed by atoms with Crippen LogP contribution in [0.1, 0.15) is 37.2 Å². The summed E-state index contributed by atoms with van der Waals surface area (Å²) in [6.45, 7) is 6.39. The number of alkyl halides is 3. The summed E-state index contributed by atoms with van der Waals surface area (Å²) in [5.41, 5.74) is 2.17. The van der Waals surface area contributed by atoms with Gasteiger partial charge in [0.05, 0.1) is 0 Å². The number of hydrogen-bond acceptors (Lipinski definition) is 4. The van der Waals surface area contributed by atoms with E-state index in [4.69, 9.17) is 0 Å². The molecule has 0 spiro atoms. The van der Waals surface area contributed by atoms with Crippen LogP contribution in [0.5, 0.6) is 0 Å². The van der Waals surface area contributed by atoms with Crippen molar-refractivity contribution < 1.29 is 27.5 Å². The Kier molecular flexibility index (Phi) is 8.29. The highest BCUT2D eigenvalue weighted by atomic mass is 19.4. The molecule has 0 unspecified atom stereocenters. The van der Waals surface area contributed by atoms with Gasteiger partial charge in [-0.05, 0) is 43.9 Å². The van der Waals surface area contributed by atoms with Crippen molar-refractivity contribution in [2.24, 2.45) is 5.92 Å². The Morgan fingerprint density at radius 1 is 1.36 bits per heavy atom. The zero-order valence-corrected chi connectivity index (χ0v) is 16.3. The molecule has 0 fully saturated rings. The zero-order chi connectivity index (χ0) is 21.5. The number of aromatic nitrogens is 1. The minimum absolute atomic E-state index is 0.340. The number of ether oxygens (including phenoxy) is 1. The van der Waals surface area contributed by atoms with Crippen LogP contribution in [0.2, 0.25) is 0 Å². The molecule has 6 nitrogen and oxygen atoms in total. The first kappa shape index (κ1) is 23.3. The van der Waals surface area contributed by atoms with E-state index in [9.17, 15) is 28.0 Å². The van der Waals surface area contributed by atoms with Gasteiger partial charge in [-0.3, -0.25) is 4.79 Å². The summed E-state index contributed by atoms with van der Waals surface area (Å²) in [7, 11) is 0. The van der Waals surface area contributed by atoms with Gasteiger partial charge in [0.25, 0.3) is 5.91 Å². The van der Waals surface area contributed by atoms with Gasteiger partial charge in [0.2, 0.25) is 0 Å². The molecule has 1 rings (SSSR count). The Labute approximate surface area is 162 Å². The first-order valence-electron chi connectivity index (χ1n) is 8.73. The smallest absolute Gasteiger partial charge is 0.405 e. The van der Waals surface area contributed by atoms with Gasteiger partial charge in [-0.2, -0.15) is 18.4 Å². The monoisotopic (exact) mass is 399 g/mol. The Morgan fingerprint density at radius 3 is 2.54 bits per heavy atom. The summed E-state index contributed by atoms with van der Waals surface area (Å²) in [5, 5.41) is 10.8. The number of amides is 1. The largest absolute Gasteiger partial charge is 0.451 e. The third-order valence-corrected chi connectivity index (χ3v) is 4.00. The molecular weight excluding hydrogens is 375 g/mol. The summed E-state index contributed by atoms with van der Waals surface area (Å²) in [4.78, 5) is 23.3. The highest BCUT2D eigenvalue weighted by Gasteiger charge is 2.28. The number of rotatable bonds is 8. The summed E-state index contributed by atoms with van der Waals surface area (Å²) < 4.78 is 42.8. The predicted molar refractivity (Wildman–Crippen MR) is 97.0 cm³/mol. The second-order valence-electron chi connectivity index (χ2n) is 6.80. The number of nitrogens with one attached hydrogen (secondary N) is 1. The average Bonchev–Trinajstić information content (AvgIpc) is 2.86. The fraction of sp³-hybridized carbons (Fsp3) is 0.526. The van der Waals surface area contributed by atoms with E-state index in [2.05, 4.69) is 23.2 Å². The van der Waals surface area contributed by atoms with E-state index in [-0.39, 0.29) is 5.57 Å². The molecule has 0 radical (unpaired) electrons. The minimum atomic E-state index is -4.56. The average molecular weight is 399 g/mol. The van der Waals surface area contributed by atoms with Crippen LogP contribution in [0.3, 0.4) is 0 Å². The van der Waals surface area contributed by atoms with Gasteiger partial charge in [0.1, 0.15) is 18.2 Å². The van der Waals surface area contributed by atoms with Gasteiger partial charge >= 0.3 is 12.1 Å². The molecule has 1 amide bonds. The molecule has 154 valence electrons. The van der Waals surface area contributed by atoms with Gasteiger partial charge in [0, 0.05) is 17.9 Å². The molecule has 0 saturated heterocycles. The predicted octanol–water partition coefficient (Wildman–Crippen LogP) is 3.28. The maximum Gasteiger partial charge on any atom is 0.405 e. The maximum atomic E-state index is 12.0. The fourth-order valence-electron chi connectivity index (χ4n) is 2.46. The molecule has 0 aliphatic heterocycles. The van der Waals surface area contributed by atoms with Crippen LogP contribution >= 0.6 is 0 Å². The van der Waals surface area contributed by atoms with Crippen molar-refractivity contribution in [2.75, 3.05) is 13.2 Å². The lowest BCUT2D eigenvalue weighted by molar-refractivity contribution is -0.148. The van der Waals surface area contributed by atoms with Crippen molar-refractivity contribution in [2.45, 2.75) is 46.8 Å². The number of carbonyl (C=O) groups excluding carboxylic acids is 2. The first-order valence-corrected chi connectivity index (χ1v) is 8.73. The van der Waals surface area contributed by atoms with E-state index in [1.54, 1.807) is 11.4 Å². The lowest BCUT2D eigenvalue weighted by Crippen LogP contribution is -2.36. The molecule has 28 heavy (non-hydrogen) atoms. The maximum absolute atomic E-state index is 12.0. The Hall–Kier alpha value is -2.76. The molecule has 0 aliphatic carbocycles. The Bertz CT molecular complexity index is 787. The molecule has 1 heterocycles. The quantitative estimate of drug-likeness (QED) is 0.413. The summed E-state index contributed by atoms with van der Waals surface area (Å²) in [6, 6.07) is 3.53. The van der Waals surface area contributed by atoms with E-state index in [0.29, 0.717) is 11.5 Å². The molecule has 1 aromatic rings. The first-order chi connectivity index (χ1) is 12.9. The van der Waals surface area contributed by atoms with Crippen molar-refractivity contribution >= 4 is 18.0 Å². The van der Waals surface area contributed by atoms with Gasteiger partial charge in [-0.25, -0.2) is 4.79 Å². The molecule has 0 bridgehead atoms. The summed E-state index contributed by atoms with van der Waals surface area (Å²) >= 11 is 0. The number of halogens is 3. The third kappa shape index (κ3) is 7.47. The van der Waals surface area contributed by atoms with Gasteiger partial charge in [-0.1, -0.05) is 13.8 Å². The molecular formula is C19H24F3N3O3. The highest BCUT2D eigenvalue weighted by Crippen LogP contribution is 2.20. The topological polar surface area (TPSA) is 84.1 Å². The molecule has 9 heteroatoms. The summed E-state index contributed by atoms with van der Waals surface area (Å²) in [6.07, 6.45) is -2.24. The van der Waals surface area contributed by atoms with E-state index < -0.39 is 31.2 Å². The van der Waals surface area contributed by atoms with Crippen molar-refractivity contribution in [3.63, 3.8) is 0 Å². The molecule has 0 aliphatic rings. The highest BCUT2D eigenvalue weighted by molar-refractivity contribution is 5.99. The lowest BCUT2D eigenvalue weighted by atomic mass is 10.1. The Balaban J connectivity index is 2.80. The number of hydrogen-bond donors (Lipinski definition) is 1. The zero-order valence-electron chi connectivity index (χ0n) is 16.3. The molecule has 1 N–H and O–H groups in total. The number of esters is 1. The van der Waals surface area contributed by atoms with Crippen LogP contribution in [0.15, 0.2) is 11.6 Å². The van der Waals surface area contributed by atoms with Crippen LogP contribution in [-0.2, 0) is 20.9 Å². The van der Waals surface area contributed by atoms with Crippen molar-refractivity contribution in [1.29, 1.82) is 5.26 Å². The summed E-state index contributed by atoms with van der Waals surface area (Å²) in [5.74, 6) is -1.65. The van der Waals surface area contributed by atoms with Crippen molar-refractivity contribution in [1.82, 2.24) is 9.88 Å². The minimum Gasteiger partial charge on any atom is -0.451 e. The fourth-order valence-corrected chi connectivity index (χ4v) is 2.46. The van der Waals surface area contributed by atoms with Crippen LogP contribution in [0, 0.1) is 31.1 Å². The molecule has 0 atom stereocenters. The van der Waals surface area contributed by atoms with Gasteiger partial charge in [-0.15, -0.1) is 0 Å². The SMILES string of the molecule is Cc1cc(/C=C(\C#N)C(=O)OCC(=O)NCC(F)(F)F)c(C)n1CCC(C)C. The standard InChI is InChI=1S/C19H24F3N3O3/c1-12(2)5-6-25-13(3)7-15(14(25)4)8-16(9-23)18(27)28-10-17(26)24-11-19(20,21)22/h7-8,12H,5-6,10-11H2,1-4H3,(H,24,26)/b16-8+. The van der Waals surface area contributed by atoms with Crippen molar-refractivity contribution in [3.8, 4) is 6.07 Å². The van der Waals surface area contributed by atoms with Crippen LogP contribution in [0.4, 0.5) is 13.2 Å². The van der Waals surface area contributed by atoms with Crippen LogP contribution in [0.25, 0.3) is 6.08 Å². The van der Waals surface area contributed by atoms with E-state index in [0.717, 1.165) is 24.4 Å². The number of aryl methyl sites for hydroxylation is 1. The second-order valence-corrected chi connectivity index (χ2v) is 6.80. The van der Waals surface area contributed by atoms with Gasteiger partial charge < -0.3 is 14.6 Å². The number of nitrogens with zero attached hydrogens (tertiary/aromatic N) is 2. The number of carbonyl (C=O) groups is 2. The Morgan fingerprint density at radius 2 is 2.00 bits per heavy atom. The number of nitriles is 1.